The predicted octanol–water partition coefficient (Wildman–Crippen LogP) is 4.91. The van der Waals surface area contributed by atoms with E-state index >= 15 is 0 Å². The molecular weight excluding hydrogens is 254 g/mol. The van der Waals surface area contributed by atoms with Crippen LogP contribution in [-0.4, -0.2) is 0 Å². The minimum Gasteiger partial charge on any atom is -0.207 e. The first kappa shape index (κ1) is 13.0. The molecule has 0 aromatic heterocycles. The Kier molecular flexibility index (Phi) is 3.67. The Balaban J connectivity index is 2.47. The molecule has 0 N–H and O–H groups in total. The third-order valence-corrected chi connectivity index (χ3v) is 3.42. The summed E-state index contributed by atoms with van der Waals surface area (Å²) in [6, 6.07) is 9.68. The lowest BCUT2D eigenvalue weighted by Crippen LogP contribution is -1.99. The molecule has 0 nitrogen and oxygen atoms in total. The molecule has 2 rings (SSSR count). The molecule has 1 unspecified atom stereocenters. The largest absolute Gasteiger partial charge is 0.207 e. The first-order valence-corrected chi connectivity index (χ1v) is 6.09. The molecule has 0 aliphatic rings. The van der Waals surface area contributed by atoms with Gasteiger partial charge in [0.05, 0.1) is 5.38 Å². The molecular formula is C15H13ClF2. The van der Waals surface area contributed by atoms with E-state index in [1.807, 2.05) is 0 Å². The Morgan fingerprint density at radius 2 is 1.56 bits per heavy atom. The maximum absolute atomic E-state index is 13.6. The number of hydrogen-bond donors (Lipinski definition) is 0. The van der Waals surface area contributed by atoms with Crippen molar-refractivity contribution in [1.29, 1.82) is 0 Å². The molecule has 0 amide bonds. The number of hydrogen-bond acceptors (Lipinski definition) is 0. The summed E-state index contributed by atoms with van der Waals surface area (Å²) in [4.78, 5) is 0. The second-order valence-electron chi connectivity index (χ2n) is 4.35. The standard InChI is InChI=1S/C15H13ClF2/c1-9-7-11(8-10(2)15(9)18)14(16)12-5-3-4-6-13(12)17/h3-8,14H,1-2H3. The van der Waals surface area contributed by atoms with Crippen LogP contribution in [0.3, 0.4) is 0 Å². The molecule has 0 saturated carbocycles. The lowest BCUT2D eigenvalue weighted by molar-refractivity contribution is 0.605. The van der Waals surface area contributed by atoms with Crippen LogP contribution in [-0.2, 0) is 0 Å². The van der Waals surface area contributed by atoms with Crippen LogP contribution in [0.25, 0.3) is 0 Å². The Hall–Kier alpha value is -1.41. The van der Waals surface area contributed by atoms with Crippen molar-refractivity contribution < 1.29 is 8.78 Å². The zero-order valence-corrected chi connectivity index (χ0v) is 10.9. The summed E-state index contributed by atoms with van der Waals surface area (Å²) < 4.78 is 27.2. The van der Waals surface area contributed by atoms with Crippen LogP contribution in [0, 0.1) is 25.5 Å². The first-order chi connectivity index (χ1) is 8.50. The van der Waals surface area contributed by atoms with Crippen molar-refractivity contribution in [3.05, 3.63) is 70.3 Å². The molecule has 0 spiro atoms. The predicted molar refractivity (Wildman–Crippen MR) is 70.0 cm³/mol. The highest BCUT2D eigenvalue weighted by Crippen LogP contribution is 2.32. The van der Waals surface area contributed by atoms with Gasteiger partial charge in [0.1, 0.15) is 11.6 Å². The summed E-state index contributed by atoms with van der Waals surface area (Å²) in [6.45, 7) is 3.35. The zero-order chi connectivity index (χ0) is 13.3. The minimum absolute atomic E-state index is 0.240. The smallest absolute Gasteiger partial charge is 0.129 e. The highest BCUT2D eigenvalue weighted by atomic mass is 35.5. The monoisotopic (exact) mass is 266 g/mol. The molecule has 3 heteroatoms. The molecule has 18 heavy (non-hydrogen) atoms. The minimum atomic E-state index is -0.607. The molecule has 0 aliphatic heterocycles. The highest BCUT2D eigenvalue weighted by molar-refractivity contribution is 6.22. The lowest BCUT2D eigenvalue weighted by atomic mass is 9.99. The molecule has 2 aromatic rings. The SMILES string of the molecule is Cc1cc(C(Cl)c2ccccc2F)cc(C)c1F. The average molecular weight is 267 g/mol. The normalized spacial score (nSPS) is 12.5. The topological polar surface area (TPSA) is 0 Å². The second kappa shape index (κ2) is 5.07. The molecule has 1 atom stereocenters. The van der Waals surface area contributed by atoms with Crippen molar-refractivity contribution in [2.24, 2.45) is 0 Å². The number of rotatable bonds is 2. The van der Waals surface area contributed by atoms with Crippen molar-refractivity contribution in [1.82, 2.24) is 0 Å². The second-order valence-corrected chi connectivity index (χ2v) is 4.79. The summed E-state index contributed by atoms with van der Waals surface area (Å²) in [7, 11) is 0. The van der Waals surface area contributed by atoms with E-state index in [1.54, 1.807) is 44.2 Å². The van der Waals surface area contributed by atoms with Crippen LogP contribution in [0.5, 0.6) is 0 Å². The summed E-state index contributed by atoms with van der Waals surface area (Å²) in [5, 5.41) is -0.607. The molecule has 2 aromatic carbocycles. The number of halogens is 3. The first-order valence-electron chi connectivity index (χ1n) is 5.66. The van der Waals surface area contributed by atoms with E-state index in [0.29, 0.717) is 22.3 Å². The fourth-order valence-electron chi connectivity index (χ4n) is 1.99. The Morgan fingerprint density at radius 3 is 2.11 bits per heavy atom. The summed E-state index contributed by atoms with van der Waals surface area (Å²) >= 11 is 6.27. The molecule has 0 saturated heterocycles. The van der Waals surface area contributed by atoms with E-state index in [9.17, 15) is 8.78 Å². The van der Waals surface area contributed by atoms with Gasteiger partial charge in [-0.25, -0.2) is 8.78 Å². The van der Waals surface area contributed by atoms with Crippen LogP contribution >= 0.6 is 11.6 Å². The van der Waals surface area contributed by atoms with E-state index in [1.165, 1.54) is 6.07 Å². The van der Waals surface area contributed by atoms with E-state index in [0.717, 1.165) is 0 Å². The molecule has 94 valence electrons. The van der Waals surface area contributed by atoms with Gasteiger partial charge < -0.3 is 0 Å². The Labute approximate surface area is 110 Å². The van der Waals surface area contributed by atoms with Gasteiger partial charge in [-0.15, -0.1) is 11.6 Å². The van der Waals surface area contributed by atoms with E-state index in [-0.39, 0.29) is 11.6 Å². The molecule has 0 bridgehead atoms. The van der Waals surface area contributed by atoms with E-state index in [2.05, 4.69) is 0 Å². The maximum atomic E-state index is 13.6. The van der Waals surface area contributed by atoms with Gasteiger partial charge >= 0.3 is 0 Å². The van der Waals surface area contributed by atoms with Gasteiger partial charge in [0, 0.05) is 5.56 Å². The van der Waals surface area contributed by atoms with Crippen LogP contribution in [0.4, 0.5) is 8.78 Å². The van der Waals surface area contributed by atoms with Gasteiger partial charge in [-0.05, 0) is 36.6 Å². The molecule has 0 fully saturated rings. The Bertz CT molecular complexity index is 555. The molecule has 0 aliphatic carbocycles. The van der Waals surface area contributed by atoms with E-state index < -0.39 is 5.38 Å². The average Bonchev–Trinajstić information content (AvgIpc) is 2.35. The third-order valence-electron chi connectivity index (χ3n) is 2.93. The van der Waals surface area contributed by atoms with Gasteiger partial charge in [-0.3, -0.25) is 0 Å². The summed E-state index contributed by atoms with van der Waals surface area (Å²) in [5.41, 5.74) is 2.15. The maximum Gasteiger partial charge on any atom is 0.129 e. The van der Waals surface area contributed by atoms with Crippen LogP contribution in [0.2, 0.25) is 0 Å². The van der Waals surface area contributed by atoms with Gasteiger partial charge in [-0.2, -0.15) is 0 Å². The van der Waals surface area contributed by atoms with Gasteiger partial charge in [0.25, 0.3) is 0 Å². The lowest BCUT2D eigenvalue weighted by Gasteiger charge is -2.13. The third kappa shape index (κ3) is 2.39. The zero-order valence-electron chi connectivity index (χ0n) is 10.2. The number of aryl methyl sites for hydroxylation is 2. The number of alkyl halides is 1. The van der Waals surface area contributed by atoms with Gasteiger partial charge in [-0.1, -0.05) is 30.3 Å². The van der Waals surface area contributed by atoms with Gasteiger partial charge in [0.15, 0.2) is 0 Å². The fourth-order valence-corrected chi connectivity index (χ4v) is 2.29. The van der Waals surface area contributed by atoms with Crippen LogP contribution in [0.1, 0.15) is 27.6 Å². The Morgan fingerprint density at radius 1 is 1.00 bits per heavy atom. The van der Waals surface area contributed by atoms with Crippen molar-refractivity contribution in [2.45, 2.75) is 19.2 Å². The summed E-state index contributed by atoms with van der Waals surface area (Å²) in [5.74, 6) is -0.590. The van der Waals surface area contributed by atoms with Crippen molar-refractivity contribution in [3.8, 4) is 0 Å². The van der Waals surface area contributed by atoms with Crippen molar-refractivity contribution in [3.63, 3.8) is 0 Å². The van der Waals surface area contributed by atoms with Crippen LogP contribution in [0.15, 0.2) is 36.4 Å². The fraction of sp³-hybridized carbons (Fsp3) is 0.200. The van der Waals surface area contributed by atoms with Crippen molar-refractivity contribution >= 4 is 11.6 Å². The summed E-state index contributed by atoms with van der Waals surface area (Å²) in [6.07, 6.45) is 0. The van der Waals surface area contributed by atoms with E-state index in [4.69, 9.17) is 11.6 Å². The van der Waals surface area contributed by atoms with Crippen molar-refractivity contribution in [2.75, 3.05) is 0 Å². The molecule has 0 heterocycles. The van der Waals surface area contributed by atoms with Gasteiger partial charge in [0.2, 0.25) is 0 Å². The number of benzene rings is 2. The van der Waals surface area contributed by atoms with Crippen LogP contribution < -0.4 is 0 Å². The highest BCUT2D eigenvalue weighted by Gasteiger charge is 2.16. The molecule has 0 radical (unpaired) electrons. The quantitative estimate of drug-likeness (QED) is 0.678.